The number of methoxy groups -OCH3 is 1. The number of aliphatic hydroxyl groups excluding tert-OH is 1. The van der Waals surface area contributed by atoms with E-state index in [9.17, 15) is 9.90 Å². The Kier molecular flexibility index (Phi) is 4.67. The molecule has 2 atom stereocenters. The van der Waals surface area contributed by atoms with Crippen molar-refractivity contribution < 1.29 is 19.4 Å². The number of halogens is 1. The molecule has 2 heterocycles. The van der Waals surface area contributed by atoms with Crippen LogP contribution in [-0.4, -0.2) is 41.0 Å². The van der Waals surface area contributed by atoms with Crippen LogP contribution in [0, 0.1) is 0 Å². The fourth-order valence-electron chi connectivity index (χ4n) is 2.13. The molecule has 1 aliphatic heterocycles. The molecule has 0 saturated carbocycles. The fraction of sp³-hybridized carbons (Fsp3) is 0.571. The first kappa shape index (κ1) is 16.6. The molecule has 0 amide bonds. The van der Waals surface area contributed by atoms with Gasteiger partial charge >= 0.3 is 5.97 Å². The van der Waals surface area contributed by atoms with Gasteiger partial charge in [-0.2, -0.15) is 0 Å². The third-order valence-electron chi connectivity index (χ3n) is 2.97. The van der Waals surface area contributed by atoms with Crippen molar-refractivity contribution in [3.8, 4) is 5.75 Å². The predicted octanol–water partition coefficient (Wildman–Crippen LogP) is 2.00. The molecule has 1 aromatic rings. The van der Waals surface area contributed by atoms with Gasteiger partial charge in [-0.15, -0.1) is 0 Å². The lowest BCUT2D eigenvalue weighted by Gasteiger charge is -2.33. The van der Waals surface area contributed by atoms with Crippen molar-refractivity contribution in [3.05, 3.63) is 11.2 Å². The summed E-state index contributed by atoms with van der Waals surface area (Å²) in [4.78, 5) is 16.0. The highest BCUT2D eigenvalue weighted by molar-refractivity contribution is 6.29. The Balaban J connectivity index is 2.15. The number of carbonyl (C=O) groups excluding carboxylic acids is 1. The highest BCUT2D eigenvalue weighted by Crippen LogP contribution is 2.37. The van der Waals surface area contributed by atoms with Gasteiger partial charge in [-0.3, -0.25) is 4.79 Å². The average molecular weight is 330 g/mol. The summed E-state index contributed by atoms with van der Waals surface area (Å²) in [6.07, 6.45) is -1.00. The van der Waals surface area contributed by atoms with E-state index in [-0.39, 0.29) is 11.6 Å². The number of nitrogens with zero attached hydrogens (tertiary/aromatic N) is 1. The maximum atomic E-state index is 11.9. The maximum absolute atomic E-state index is 11.9. The number of rotatable bonds is 3. The second-order valence-corrected chi connectivity index (χ2v) is 6.39. The van der Waals surface area contributed by atoms with Crippen molar-refractivity contribution in [1.82, 2.24) is 4.98 Å². The van der Waals surface area contributed by atoms with Crippen LogP contribution in [0.3, 0.4) is 0 Å². The van der Waals surface area contributed by atoms with Gasteiger partial charge in [0, 0.05) is 6.07 Å². The summed E-state index contributed by atoms with van der Waals surface area (Å²) in [5, 5.41) is 16.3. The summed E-state index contributed by atoms with van der Waals surface area (Å²) < 4.78 is 10.5. The van der Waals surface area contributed by atoms with E-state index < -0.39 is 23.8 Å². The van der Waals surface area contributed by atoms with Gasteiger partial charge in [0.15, 0.2) is 5.82 Å². The largest absolute Gasteiger partial charge is 0.494 e. The number of anilines is 2. The van der Waals surface area contributed by atoms with E-state index in [0.29, 0.717) is 17.3 Å². The summed E-state index contributed by atoms with van der Waals surface area (Å²) in [5.41, 5.74) is -0.0767. The molecule has 1 unspecified atom stereocenters. The maximum Gasteiger partial charge on any atom is 0.308 e. The molecule has 1 aliphatic rings. The molecule has 0 bridgehead atoms. The van der Waals surface area contributed by atoms with Crippen LogP contribution >= 0.6 is 11.6 Å². The minimum Gasteiger partial charge on any atom is -0.494 e. The van der Waals surface area contributed by atoms with Crippen LogP contribution in [0.2, 0.25) is 5.15 Å². The van der Waals surface area contributed by atoms with Gasteiger partial charge in [0.25, 0.3) is 0 Å². The number of fused-ring (bicyclic) bond motifs is 1. The summed E-state index contributed by atoms with van der Waals surface area (Å²) >= 11 is 5.92. The quantitative estimate of drug-likeness (QED) is 0.577. The topological polar surface area (TPSA) is 92.7 Å². The standard InChI is InChI=1S/C14H20ClN3O4/c1-14(2,3)22-10(19)5-7-13(20)18-11-8(21-4)6-9(15)17-12(11)16-7/h6-7,13,18,20H,5H2,1-4H3,(H,16,17)/t7-,13?/m0/s1. The smallest absolute Gasteiger partial charge is 0.308 e. The summed E-state index contributed by atoms with van der Waals surface area (Å²) in [6.45, 7) is 5.36. The van der Waals surface area contributed by atoms with Crippen LogP contribution in [0.5, 0.6) is 5.75 Å². The molecule has 1 aromatic heterocycles. The van der Waals surface area contributed by atoms with Crippen LogP contribution in [0.25, 0.3) is 0 Å². The Labute approximate surface area is 134 Å². The number of pyridine rings is 1. The molecule has 0 saturated heterocycles. The van der Waals surface area contributed by atoms with Gasteiger partial charge < -0.3 is 25.2 Å². The van der Waals surface area contributed by atoms with Gasteiger partial charge in [-0.05, 0) is 20.8 Å². The normalized spacial score (nSPS) is 20.5. The molecule has 7 nitrogen and oxygen atoms in total. The van der Waals surface area contributed by atoms with Crippen LogP contribution in [0.4, 0.5) is 11.5 Å². The van der Waals surface area contributed by atoms with Gasteiger partial charge in [-0.25, -0.2) is 4.98 Å². The number of carbonyl (C=O) groups is 1. The van der Waals surface area contributed by atoms with E-state index in [0.717, 1.165) is 0 Å². The zero-order valence-electron chi connectivity index (χ0n) is 12.9. The van der Waals surface area contributed by atoms with Gasteiger partial charge in [-0.1, -0.05) is 11.6 Å². The average Bonchev–Trinajstić information content (AvgIpc) is 2.37. The predicted molar refractivity (Wildman–Crippen MR) is 83.3 cm³/mol. The van der Waals surface area contributed by atoms with Crippen molar-refractivity contribution in [1.29, 1.82) is 0 Å². The van der Waals surface area contributed by atoms with E-state index in [2.05, 4.69) is 15.6 Å². The molecule has 122 valence electrons. The Bertz CT molecular complexity index is 574. The third-order valence-corrected chi connectivity index (χ3v) is 3.17. The molecular weight excluding hydrogens is 310 g/mol. The Morgan fingerprint density at radius 3 is 2.73 bits per heavy atom. The number of ether oxygens (including phenoxy) is 2. The van der Waals surface area contributed by atoms with E-state index in [1.54, 1.807) is 20.8 Å². The summed E-state index contributed by atoms with van der Waals surface area (Å²) in [6, 6.07) is 0.953. The first-order valence-electron chi connectivity index (χ1n) is 6.87. The molecule has 8 heteroatoms. The van der Waals surface area contributed by atoms with E-state index in [4.69, 9.17) is 21.1 Å². The highest BCUT2D eigenvalue weighted by atomic mass is 35.5. The molecule has 22 heavy (non-hydrogen) atoms. The van der Waals surface area contributed by atoms with Crippen molar-refractivity contribution in [2.75, 3.05) is 17.7 Å². The van der Waals surface area contributed by atoms with Crippen LogP contribution in [0.1, 0.15) is 27.2 Å². The Morgan fingerprint density at radius 1 is 1.45 bits per heavy atom. The molecule has 0 spiro atoms. The Hall–Kier alpha value is -1.73. The number of esters is 1. The van der Waals surface area contributed by atoms with Crippen molar-refractivity contribution in [2.45, 2.75) is 45.1 Å². The van der Waals surface area contributed by atoms with Crippen LogP contribution in [-0.2, 0) is 9.53 Å². The van der Waals surface area contributed by atoms with Crippen molar-refractivity contribution in [3.63, 3.8) is 0 Å². The van der Waals surface area contributed by atoms with E-state index >= 15 is 0 Å². The highest BCUT2D eigenvalue weighted by Gasteiger charge is 2.32. The molecule has 2 rings (SSSR count). The first-order valence-corrected chi connectivity index (χ1v) is 7.25. The Morgan fingerprint density at radius 2 is 2.14 bits per heavy atom. The lowest BCUT2D eigenvalue weighted by molar-refractivity contribution is -0.155. The van der Waals surface area contributed by atoms with E-state index in [1.165, 1.54) is 13.2 Å². The number of hydrogen-bond acceptors (Lipinski definition) is 7. The minimum absolute atomic E-state index is 0.0125. The fourth-order valence-corrected chi connectivity index (χ4v) is 2.31. The summed E-state index contributed by atoms with van der Waals surface area (Å²) in [5.74, 6) is 0.462. The van der Waals surface area contributed by atoms with Gasteiger partial charge in [0.2, 0.25) is 0 Å². The third kappa shape index (κ3) is 3.92. The zero-order chi connectivity index (χ0) is 16.5. The van der Waals surface area contributed by atoms with Crippen molar-refractivity contribution >= 4 is 29.1 Å². The van der Waals surface area contributed by atoms with E-state index in [1.807, 2.05) is 0 Å². The minimum atomic E-state index is -0.989. The molecule has 0 aromatic carbocycles. The van der Waals surface area contributed by atoms with Gasteiger partial charge in [0.05, 0.1) is 19.6 Å². The van der Waals surface area contributed by atoms with Crippen molar-refractivity contribution in [2.24, 2.45) is 0 Å². The molecule has 0 aliphatic carbocycles. The van der Waals surface area contributed by atoms with Gasteiger partial charge in [0.1, 0.15) is 28.4 Å². The van der Waals surface area contributed by atoms with Crippen LogP contribution < -0.4 is 15.4 Å². The summed E-state index contributed by atoms with van der Waals surface area (Å²) in [7, 11) is 1.49. The number of nitrogens with one attached hydrogen (secondary N) is 2. The lowest BCUT2D eigenvalue weighted by atomic mass is 10.1. The SMILES string of the molecule is COc1cc(Cl)nc2c1NC(O)[C@H](CC(=O)OC(C)(C)C)N2. The molecule has 0 radical (unpaired) electrons. The zero-order valence-corrected chi connectivity index (χ0v) is 13.7. The lowest BCUT2D eigenvalue weighted by Crippen LogP contribution is -2.45. The first-order chi connectivity index (χ1) is 10.2. The number of hydrogen-bond donors (Lipinski definition) is 3. The molecule has 0 fully saturated rings. The van der Waals surface area contributed by atoms with Crippen LogP contribution in [0.15, 0.2) is 6.07 Å². The second kappa shape index (κ2) is 6.18. The molecular formula is C14H20ClN3O4. The second-order valence-electron chi connectivity index (χ2n) is 6.00. The number of aliphatic hydroxyl groups is 1. The molecule has 3 N–H and O–H groups in total. The monoisotopic (exact) mass is 329 g/mol. The number of aromatic nitrogens is 1.